The van der Waals surface area contributed by atoms with Crippen LogP contribution in [0.4, 0.5) is 18.9 Å². The first-order chi connectivity index (χ1) is 16.3. The fourth-order valence-electron chi connectivity index (χ4n) is 5.05. The molecule has 0 aromatic heterocycles. The summed E-state index contributed by atoms with van der Waals surface area (Å²) in [6.07, 6.45) is -0.274. The number of alkyl halides is 3. The molecule has 2 aliphatic rings. The average molecular weight is 499 g/mol. The maximum atomic E-state index is 14.2. The molecule has 6 nitrogen and oxygen atoms in total. The highest BCUT2D eigenvalue weighted by Crippen LogP contribution is 2.44. The molecular formula is C26H37F3N2O4. The molecule has 2 amide bonds. The number of rotatable bonds is 7. The Morgan fingerprint density at radius 3 is 2.40 bits per heavy atom. The monoisotopic (exact) mass is 498 g/mol. The molecule has 0 bridgehead atoms. The molecule has 1 aliphatic heterocycles. The third-order valence-corrected chi connectivity index (χ3v) is 6.97. The molecule has 1 heterocycles. The van der Waals surface area contributed by atoms with Crippen LogP contribution in [-0.4, -0.2) is 52.2 Å². The second-order valence-electron chi connectivity index (χ2n) is 10.4. The maximum absolute atomic E-state index is 14.2. The number of benzene rings is 1. The van der Waals surface area contributed by atoms with Crippen LogP contribution >= 0.6 is 0 Å². The number of hydrogen-bond donors (Lipinski definition) is 1. The van der Waals surface area contributed by atoms with Crippen LogP contribution < -0.4 is 9.64 Å². The van der Waals surface area contributed by atoms with Gasteiger partial charge in [0, 0.05) is 18.6 Å². The first kappa shape index (κ1) is 27.3. The van der Waals surface area contributed by atoms with E-state index in [1.165, 1.54) is 18.7 Å². The Morgan fingerprint density at radius 2 is 1.86 bits per heavy atom. The predicted molar refractivity (Wildman–Crippen MR) is 128 cm³/mol. The second-order valence-corrected chi connectivity index (χ2v) is 10.4. The zero-order valence-electron chi connectivity index (χ0n) is 21.2. The van der Waals surface area contributed by atoms with Crippen LogP contribution in [0.15, 0.2) is 12.1 Å². The standard InChI is InChI=1S/C26H37F3N2O4/c1-6-18(32)12-13-30-21-14-19(23(33)31(16(2)3)17-10-8-7-9-11-17)20(26(27,28)29)15-22(21)35-25(4,5)24(30)34/h14-18,32H,6-13H2,1-5H3. The van der Waals surface area contributed by atoms with Crippen molar-refractivity contribution in [2.75, 3.05) is 11.4 Å². The second kappa shape index (κ2) is 10.4. The molecule has 1 aliphatic carbocycles. The van der Waals surface area contributed by atoms with E-state index in [4.69, 9.17) is 4.74 Å². The average Bonchev–Trinajstić information content (AvgIpc) is 2.78. The molecule has 9 heteroatoms. The fraction of sp³-hybridized carbons (Fsp3) is 0.692. The summed E-state index contributed by atoms with van der Waals surface area (Å²) in [5.41, 5.74) is -2.81. The molecule has 0 spiro atoms. The highest BCUT2D eigenvalue weighted by molar-refractivity contribution is 6.05. The Bertz CT molecular complexity index is 939. The highest BCUT2D eigenvalue weighted by Gasteiger charge is 2.45. The van der Waals surface area contributed by atoms with Crippen LogP contribution in [0.5, 0.6) is 5.75 Å². The van der Waals surface area contributed by atoms with Crippen molar-refractivity contribution >= 4 is 17.5 Å². The number of halogens is 3. The van der Waals surface area contributed by atoms with Crippen molar-refractivity contribution in [3.05, 3.63) is 23.3 Å². The van der Waals surface area contributed by atoms with Gasteiger partial charge in [-0.3, -0.25) is 9.59 Å². The summed E-state index contributed by atoms with van der Waals surface area (Å²) in [7, 11) is 0. The number of carbonyl (C=O) groups excluding carboxylic acids is 2. The molecule has 3 rings (SSSR count). The lowest BCUT2D eigenvalue weighted by molar-refractivity contribution is -0.138. The molecule has 196 valence electrons. The minimum absolute atomic E-state index is 0.0989. The lowest BCUT2D eigenvalue weighted by atomic mass is 9.92. The third kappa shape index (κ3) is 5.76. The van der Waals surface area contributed by atoms with Crippen LogP contribution in [0.2, 0.25) is 0 Å². The third-order valence-electron chi connectivity index (χ3n) is 6.97. The van der Waals surface area contributed by atoms with Crippen molar-refractivity contribution in [1.29, 1.82) is 0 Å². The number of ether oxygens (including phenoxy) is 1. The summed E-state index contributed by atoms with van der Waals surface area (Å²) in [5.74, 6) is -1.22. The first-order valence-corrected chi connectivity index (χ1v) is 12.5. The minimum Gasteiger partial charge on any atom is -0.476 e. The zero-order chi connectivity index (χ0) is 26.1. The summed E-state index contributed by atoms with van der Waals surface area (Å²) in [6, 6.07) is 1.60. The Morgan fingerprint density at radius 1 is 1.23 bits per heavy atom. The van der Waals surface area contributed by atoms with Crippen molar-refractivity contribution in [3.8, 4) is 5.75 Å². The van der Waals surface area contributed by atoms with E-state index >= 15 is 0 Å². The largest absolute Gasteiger partial charge is 0.476 e. The number of nitrogens with zero attached hydrogens (tertiary/aromatic N) is 2. The van der Waals surface area contributed by atoms with E-state index in [-0.39, 0.29) is 36.5 Å². The Balaban J connectivity index is 2.13. The quantitative estimate of drug-likeness (QED) is 0.535. The number of fused-ring (bicyclic) bond motifs is 1. The van der Waals surface area contributed by atoms with Gasteiger partial charge in [0.05, 0.1) is 22.9 Å². The minimum atomic E-state index is -4.78. The van der Waals surface area contributed by atoms with E-state index < -0.39 is 40.8 Å². The molecule has 0 radical (unpaired) electrons. The summed E-state index contributed by atoms with van der Waals surface area (Å²) in [4.78, 5) is 29.8. The van der Waals surface area contributed by atoms with E-state index in [9.17, 15) is 27.9 Å². The van der Waals surface area contributed by atoms with Gasteiger partial charge >= 0.3 is 6.18 Å². The zero-order valence-corrected chi connectivity index (χ0v) is 21.2. The van der Waals surface area contributed by atoms with Gasteiger partial charge in [0.25, 0.3) is 11.8 Å². The van der Waals surface area contributed by atoms with E-state index in [0.717, 1.165) is 44.2 Å². The fourth-order valence-corrected chi connectivity index (χ4v) is 5.05. The molecule has 0 saturated heterocycles. The number of amides is 2. The lowest BCUT2D eigenvalue weighted by Crippen LogP contribution is -2.53. The van der Waals surface area contributed by atoms with E-state index in [0.29, 0.717) is 6.42 Å². The van der Waals surface area contributed by atoms with E-state index in [2.05, 4.69) is 0 Å². The number of aliphatic hydroxyl groups excluding tert-OH is 1. The Kier molecular flexibility index (Phi) is 8.09. The molecule has 35 heavy (non-hydrogen) atoms. The van der Waals surface area contributed by atoms with Crippen LogP contribution in [0.3, 0.4) is 0 Å². The van der Waals surface area contributed by atoms with Crippen LogP contribution in [0.1, 0.15) is 95.5 Å². The number of hydrogen-bond acceptors (Lipinski definition) is 4. The SMILES string of the molecule is CCC(O)CCN1C(=O)C(C)(C)Oc2cc(C(F)(F)F)c(C(=O)N(C(C)C)C3CCCCC3)cc21. The number of aliphatic hydroxyl groups is 1. The predicted octanol–water partition coefficient (Wildman–Crippen LogP) is 5.55. The van der Waals surface area contributed by atoms with E-state index in [1.807, 2.05) is 20.8 Å². The summed E-state index contributed by atoms with van der Waals surface area (Å²) in [6.45, 7) is 8.53. The van der Waals surface area contributed by atoms with Gasteiger partial charge in [-0.25, -0.2) is 0 Å². The van der Waals surface area contributed by atoms with Crippen molar-refractivity contribution in [1.82, 2.24) is 4.90 Å². The number of carbonyl (C=O) groups is 2. The van der Waals surface area contributed by atoms with Gasteiger partial charge in [-0.05, 0) is 65.5 Å². The smallest absolute Gasteiger partial charge is 0.417 e. The van der Waals surface area contributed by atoms with Crippen molar-refractivity contribution in [2.24, 2.45) is 0 Å². The van der Waals surface area contributed by atoms with Gasteiger partial charge in [-0.2, -0.15) is 13.2 Å². The van der Waals surface area contributed by atoms with Gasteiger partial charge < -0.3 is 19.6 Å². The molecule has 1 unspecified atom stereocenters. The summed E-state index contributed by atoms with van der Waals surface area (Å²) < 4.78 is 48.3. The lowest BCUT2D eigenvalue weighted by Gasteiger charge is -2.41. The molecule has 1 aromatic carbocycles. The van der Waals surface area contributed by atoms with Gasteiger partial charge in [0.2, 0.25) is 0 Å². The maximum Gasteiger partial charge on any atom is 0.417 e. The van der Waals surface area contributed by atoms with Crippen molar-refractivity contribution in [2.45, 2.75) is 110 Å². The van der Waals surface area contributed by atoms with E-state index in [1.54, 1.807) is 4.90 Å². The topological polar surface area (TPSA) is 70.1 Å². The Hall–Kier alpha value is -2.29. The normalized spacial score (nSPS) is 19.4. The van der Waals surface area contributed by atoms with Gasteiger partial charge in [-0.1, -0.05) is 26.2 Å². The van der Waals surface area contributed by atoms with Crippen LogP contribution in [0.25, 0.3) is 0 Å². The molecular weight excluding hydrogens is 461 g/mol. The van der Waals surface area contributed by atoms with Crippen molar-refractivity contribution in [3.63, 3.8) is 0 Å². The summed E-state index contributed by atoms with van der Waals surface area (Å²) in [5, 5.41) is 10.0. The molecule has 1 fully saturated rings. The molecule has 1 atom stereocenters. The van der Waals surface area contributed by atoms with Gasteiger partial charge in [0.15, 0.2) is 5.60 Å². The van der Waals surface area contributed by atoms with Crippen LogP contribution in [0, 0.1) is 0 Å². The Labute approximate surface area is 205 Å². The highest BCUT2D eigenvalue weighted by atomic mass is 19.4. The van der Waals surface area contributed by atoms with Gasteiger partial charge in [-0.15, -0.1) is 0 Å². The molecule has 1 N–H and O–H groups in total. The van der Waals surface area contributed by atoms with Gasteiger partial charge in [0.1, 0.15) is 5.75 Å². The van der Waals surface area contributed by atoms with Crippen molar-refractivity contribution < 1.29 is 32.6 Å². The summed E-state index contributed by atoms with van der Waals surface area (Å²) >= 11 is 0. The molecule has 1 saturated carbocycles. The first-order valence-electron chi connectivity index (χ1n) is 12.5. The van der Waals surface area contributed by atoms with Crippen LogP contribution in [-0.2, 0) is 11.0 Å². The number of anilines is 1. The molecule has 1 aromatic rings.